The third kappa shape index (κ3) is 3.53. The summed E-state index contributed by atoms with van der Waals surface area (Å²) < 4.78 is 4.50. The molecule has 4 heavy (non-hydrogen) atoms. The second-order valence-electron chi connectivity index (χ2n) is 0.612. The molecule has 0 aromatic heterocycles. The molecule has 0 aromatic rings. The number of ether oxygens (including phenoxy) is 1. The van der Waals surface area contributed by atoms with Crippen molar-refractivity contribution in [1.82, 2.24) is 0 Å². The van der Waals surface area contributed by atoms with Gasteiger partial charge in [0.05, 0.1) is 13.2 Å². The first-order valence-corrected chi connectivity index (χ1v) is 1.08. The molecular weight excluding hydrogens is 177 g/mol. The molecule has 0 saturated carbocycles. The van der Waals surface area contributed by atoms with Crippen molar-refractivity contribution in [3.05, 3.63) is 0 Å². The SMILES string of the molecule is C1CO1.[BaH2]. The number of epoxide rings is 1. The molecule has 0 aromatic carbocycles. The molecule has 1 rings (SSSR count). The average Bonchev–Trinajstić information content (AvgIpc) is 1.46. The Kier molecular flexibility index (Phi) is 3.81. The maximum atomic E-state index is 4.50. The Morgan fingerprint density at radius 2 is 1.50 bits per heavy atom. The minimum absolute atomic E-state index is 0. The van der Waals surface area contributed by atoms with E-state index in [4.69, 9.17) is 0 Å². The molecule has 1 aliphatic rings. The van der Waals surface area contributed by atoms with Crippen molar-refractivity contribution in [2.75, 3.05) is 13.2 Å². The number of hydrogen-bond acceptors (Lipinski definition) is 1. The van der Waals surface area contributed by atoms with Crippen LogP contribution in [0.1, 0.15) is 0 Å². The normalized spacial score (nSPS) is 18.0. The van der Waals surface area contributed by atoms with E-state index in [-0.39, 0.29) is 48.9 Å². The van der Waals surface area contributed by atoms with Crippen LogP contribution in [-0.4, -0.2) is 62.1 Å². The standard InChI is InChI=1S/C2H4O.Ba.2H/c1-2-3-1;;;/h1-2H2;;;. The average molecular weight is 183 g/mol. The van der Waals surface area contributed by atoms with Gasteiger partial charge in [-0.25, -0.2) is 0 Å². The Balaban J connectivity index is 0.0000000900. The number of hydrogen-bond donors (Lipinski definition) is 0. The summed E-state index contributed by atoms with van der Waals surface area (Å²) in [5.41, 5.74) is 0. The van der Waals surface area contributed by atoms with Gasteiger partial charge in [0.1, 0.15) is 0 Å². The van der Waals surface area contributed by atoms with E-state index >= 15 is 0 Å². The first kappa shape index (κ1) is 5.53. The Hall–Kier alpha value is 1.53. The Morgan fingerprint density at radius 1 is 1.25 bits per heavy atom. The fourth-order valence-corrected chi connectivity index (χ4v) is 0. The van der Waals surface area contributed by atoms with Crippen LogP contribution in [0.5, 0.6) is 0 Å². The molecule has 1 heterocycles. The van der Waals surface area contributed by atoms with Gasteiger partial charge in [0.2, 0.25) is 0 Å². The molecule has 0 bridgehead atoms. The fraction of sp³-hybridized carbons (Fsp3) is 1.00. The predicted octanol–water partition coefficient (Wildman–Crippen LogP) is -0.900. The zero-order valence-corrected chi connectivity index (χ0v) is 1.82. The molecule has 1 saturated heterocycles. The van der Waals surface area contributed by atoms with E-state index in [2.05, 4.69) is 4.74 Å². The van der Waals surface area contributed by atoms with Gasteiger partial charge in [-0.3, -0.25) is 0 Å². The third-order valence-electron chi connectivity index (χ3n) is 0.204. The van der Waals surface area contributed by atoms with Gasteiger partial charge in [0.15, 0.2) is 0 Å². The van der Waals surface area contributed by atoms with Crippen molar-refractivity contribution in [2.45, 2.75) is 0 Å². The van der Waals surface area contributed by atoms with Gasteiger partial charge in [0, 0.05) is 0 Å². The van der Waals surface area contributed by atoms with Crippen LogP contribution in [0.15, 0.2) is 0 Å². The summed E-state index contributed by atoms with van der Waals surface area (Å²) in [4.78, 5) is 0. The van der Waals surface area contributed by atoms with E-state index < -0.39 is 0 Å². The van der Waals surface area contributed by atoms with Crippen molar-refractivity contribution in [3.8, 4) is 0 Å². The third-order valence-corrected chi connectivity index (χ3v) is 0.204. The summed E-state index contributed by atoms with van der Waals surface area (Å²) in [5, 5.41) is 0. The van der Waals surface area contributed by atoms with Crippen LogP contribution in [-0.2, 0) is 4.74 Å². The summed E-state index contributed by atoms with van der Waals surface area (Å²) in [5.74, 6) is 0. The van der Waals surface area contributed by atoms with Gasteiger partial charge in [-0.2, -0.15) is 0 Å². The molecule has 2 heteroatoms. The van der Waals surface area contributed by atoms with Crippen molar-refractivity contribution in [1.29, 1.82) is 0 Å². The quantitative estimate of drug-likeness (QED) is 0.350. The molecule has 1 aliphatic heterocycles. The Morgan fingerprint density at radius 3 is 1.50 bits per heavy atom. The van der Waals surface area contributed by atoms with Gasteiger partial charge >= 0.3 is 48.9 Å². The van der Waals surface area contributed by atoms with Gasteiger partial charge in [-0.05, 0) is 0 Å². The van der Waals surface area contributed by atoms with Crippen LogP contribution in [0.3, 0.4) is 0 Å². The van der Waals surface area contributed by atoms with E-state index in [1.54, 1.807) is 0 Å². The topological polar surface area (TPSA) is 12.5 Å². The van der Waals surface area contributed by atoms with Crippen LogP contribution >= 0.6 is 0 Å². The molecule has 1 nitrogen and oxygen atoms in total. The first-order valence-electron chi connectivity index (χ1n) is 1.08. The zero-order chi connectivity index (χ0) is 2.12. The van der Waals surface area contributed by atoms with Crippen LogP contribution in [0.2, 0.25) is 0 Å². The van der Waals surface area contributed by atoms with Crippen LogP contribution in [0, 0.1) is 0 Å². The van der Waals surface area contributed by atoms with Crippen LogP contribution < -0.4 is 0 Å². The van der Waals surface area contributed by atoms with Crippen LogP contribution in [0.4, 0.5) is 0 Å². The second-order valence-corrected chi connectivity index (χ2v) is 0.612. The summed E-state index contributed by atoms with van der Waals surface area (Å²) in [6.07, 6.45) is 0. The van der Waals surface area contributed by atoms with Gasteiger partial charge in [-0.1, -0.05) is 0 Å². The van der Waals surface area contributed by atoms with Gasteiger partial charge in [0.25, 0.3) is 0 Å². The van der Waals surface area contributed by atoms with Crippen molar-refractivity contribution in [2.24, 2.45) is 0 Å². The summed E-state index contributed by atoms with van der Waals surface area (Å²) >= 11 is 0. The van der Waals surface area contributed by atoms with E-state index in [1.165, 1.54) is 0 Å². The van der Waals surface area contributed by atoms with E-state index in [1.807, 2.05) is 0 Å². The molecule has 22 valence electrons. The van der Waals surface area contributed by atoms with Crippen molar-refractivity contribution >= 4 is 48.9 Å². The summed E-state index contributed by atoms with van der Waals surface area (Å²) in [7, 11) is 0. The molecule has 0 aliphatic carbocycles. The zero-order valence-electron chi connectivity index (χ0n) is 1.82. The second kappa shape index (κ2) is 2.75. The summed E-state index contributed by atoms with van der Waals surface area (Å²) in [6.45, 7) is 2.00. The molecule has 0 amide bonds. The summed E-state index contributed by atoms with van der Waals surface area (Å²) in [6, 6.07) is 0. The Bertz CT molecular complexity index is 10.8. The molecule has 0 spiro atoms. The number of rotatable bonds is 0. The van der Waals surface area contributed by atoms with Crippen LogP contribution in [0.25, 0.3) is 0 Å². The predicted molar refractivity (Wildman–Crippen MR) is 19.4 cm³/mol. The first-order chi connectivity index (χ1) is 1.50. The fourth-order valence-electron chi connectivity index (χ4n) is 0. The van der Waals surface area contributed by atoms with E-state index in [0.29, 0.717) is 0 Å². The van der Waals surface area contributed by atoms with E-state index in [0.717, 1.165) is 13.2 Å². The maximum absolute atomic E-state index is 4.50. The van der Waals surface area contributed by atoms with E-state index in [9.17, 15) is 0 Å². The van der Waals surface area contributed by atoms with Crippen molar-refractivity contribution < 1.29 is 4.74 Å². The molecular formula is C2H6BaO. The van der Waals surface area contributed by atoms with Gasteiger partial charge < -0.3 is 4.74 Å². The minimum atomic E-state index is 0. The molecule has 0 radical (unpaired) electrons. The molecule has 0 unspecified atom stereocenters. The Labute approximate surface area is 65.8 Å². The van der Waals surface area contributed by atoms with Gasteiger partial charge in [-0.15, -0.1) is 0 Å². The molecule has 1 fully saturated rings. The monoisotopic (exact) mass is 184 g/mol. The van der Waals surface area contributed by atoms with Crippen molar-refractivity contribution in [3.63, 3.8) is 0 Å². The molecule has 0 N–H and O–H groups in total. The molecule has 0 atom stereocenters.